The van der Waals surface area contributed by atoms with E-state index in [1.165, 1.54) is 0 Å². The lowest BCUT2D eigenvalue weighted by Gasteiger charge is -2.15. The van der Waals surface area contributed by atoms with Crippen LogP contribution in [0.4, 0.5) is 0 Å². The van der Waals surface area contributed by atoms with Crippen molar-refractivity contribution in [3.8, 4) is 11.1 Å². The molecule has 3 heteroatoms. The molecule has 1 atom stereocenters. The van der Waals surface area contributed by atoms with E-state index in [-0.39, 0.29) is 0 Å². The SMILES string of the molecule is OC1c2cc(Br)ccc2C=Cc2ncc(-c3ccccc3)cc21. The van der Waals surface area contributed by atoms with Crippen molar-refractivity contribution in [2.45, 2.75) is 6.10 Å². The third-order valence-electron chi connectivity index (χ3n) is 4.12. The topological polar surface area (TPSA) is 33.1 Å². The first-order valence-electron chi connectivity index (χ1n) is 7.43. The number of aliphatic hydroxyl groups excluding tert-OH is 1. The molecule has 0 saturated heterocycles. The van der Waals surface area contributed by atoms with Gasteiger partial charge in [0, 0.05) is 21.8 Å². The van der Waals surface area contributed by atoms with Gasteiger partial charge >= 0.3 is 0 Å². The van der Waals surface area contributed by atoms with E-state index in [1.54, 1.807) is 0 Å². The van der Waals surface area contributed by atoms with Crippen LogP contribution in [0, 0.1) is 0 Å². The predicted molar refractivity (Wildman–Crippen MR) is 96.8 cm³/mol. The molecule has 0 radical (unpaired) electrons. The molecule has 1 N–H and O–H groups in total. The third kappa shape index (κ3) is 2.62. The summed E-state index contributed by atoms with van der Waals surface area (Å²) in [5.74, 6) is 0. The van der Waals surface area contributed by atoms with Crippen LogP contribution in [0.25, 0.3) is 23.3 Å². The number of aliphatic hydroxyl groups is 1. The zero-order valence-corrected chi connectivity index (χ0v) is 13.9. The van der Waals surface area contributed by atoms with Crippen molar-refractivity contribution < 1.29 is 5.11 Å². The van der Waals surface area contributed by atoms with Gasteiger partial charge in [0.05, 0.1) is 5.69 Å². The Bertz CT molecular complexity index is 903. The van der Waals surface area contributed by atoms with Gasteiger partial charge in [-0.15, -0.1) is 0 Å². The number of rotatable bonds is 1. The molecule has 0 amide bonds. The Morgan fingerprint density at radius 3 is 2.52 bits per heavy atom. The minimum Gasteiger partial charge on any atom is -0.384 e. The fourth-order valence-corrected chi connectivity index (χ4v) is 3.29. The summed E-state index contributed by atoms with van der Waals surface area (Å²) in [5.41, 5.74) is 5.65. The minimum atomic E-state index is -0.691. The first-order valence-corrected chi connectivity index (χ1v) is 8.22. The highest BCUT2D eigenvalue weighted by Gasteiger charge is 2.21. The number of halogens is 1. The minimum absolute atomic E-state index is 0.691. The van der Waals surface area contributed by atoms with Gasteiger partial charge in [0.1, 0.15) is 6.10 Å². The van der Waals surface area contributed by atoms with Gasteiger partial charge < -0.3 is 5.11 Å². The van der Waals surface area contributed by atoms with E-state index in [1.807, 2.05) is 72.9 Å². The van der Waals surface area contributed by atoms with Crippen molar-refractivity contribution in [1.29, 1.82) is 0 Å². The van der Waals surface area contributed by atoms with Crippen LogP contribution in [-0.2, 0) is 0 Å². The Morgan fingerprint density at radius 1 is 0.870 bits per heavy atom. The maximum absolute atomic E-state index is 10.9. The molecule has 0 fully saturated rings. The highest BCUT2D eigenvalue weighted by molar-refractivity contribution is 9.10. The second-order valence-corrected chi connectivity index (χ2v) is 6.49. The van der Waals surface area contributed by atoms with Gasteiger partial charge in [0.25, 0.3) is 0 Å². The molecule has 4 rings (SSSR count). The molecular weight excluding hydrogens is 350 g/mol. The summed E-state index contributed by atoms with van der Waals surface area (Å²) < 4.78 is 0.958. The quantitative estimate of drug-likeness (QED) is 0.654. The average Bonchev–Trinajstić information content (AvgIpc) is 2.73. The molecule has 0 aliphatic heterocycles. The molecule has 0 bridgehead atoms. The highest BCUT2D eigenvalue weighted by atomic mass is 79.9. The number of nitrogens with zero attached hydrogens (tertiary/aromatic N) is 1. The van der Waals surface area contributed by atoms with Gasteiger partial charge in [-0.3, -0.25) is 4.98 Å². The number of aromatic nitrogens is 1. The maximum atomic E-state index is 10.9. The molecule has 1 aliphatic rings. The summed E-state index contributed by atoms with van der Waals surface area (Å²) in [6, 6.07) is 18.1. The van der Waals surface area contributed by atoms with Gasteiger partial charge in [0.2, 0.25) is 0 Å². The lowest BCUT2D eigenvalue weighted by atomic mass is 9.96. The van der Waals surface area contributed by atoms with Crippen molar-refractivity contribution in [3.05, 3.63) is 87.7 Å². The van der Waals surface area contributed by atoms with Gasteiger partial charge in [-0.1, -0.05) is 58.4 Å². The molecule has 3 aromatic rings. The van der Waals surface area contributed by atoms with Crippen molar-refractivity contribution >= 4 is 28.1 Å². The van der Waals surface area contributed by atoms with Crippen LogP contribution in [0.1, 0.15) is 28.5 Å². The van der Waals surface area contributed by atoms with Gasteiger partial charge in [-0.2, -0.15) is 0 Å². The normalized spacial score (nSPS) is 15.7. The molecule has 0 spiro atoms. The molecule has 1 aromatic heterocycles. The molecular formula is C20H14BrNO. The zero-order chi connectivity index (χ0) is 15.8. The summed E-state index contributed by atoms with van der Waals surface area (Å²) in [6.07, 6.45) is 5.14. The monoisotopic (exact) mass is 363 g/mol. The van der Waals surface area contributed by atoms with Crippen LogP contribution in [-0.4, -0.2) is 10.1 Å². The Hall–Kier alpha value is -2.23. The Kier molecular flexibility index (Phi) is 3.60. The third-order valence-corrected chi connectivity index (χ3v) is 4.61. The predicted octanol–water partition coefficient (Wildman–Crippen LogP) is 5.08. The van der Waals surface area contributed by atoms with Crippen molar-refractivity contribution in [2.24, 2.45) is 0 Å². The lowest BCUT2D eigenvalue weighted by Crippen LogP contribution is -2.04. The Balaban J connectivity index is 1.87. The first-order chi connectivity index (χ1) is 11.2. The number of benzene rings is 2. The van der Waals surface area contributed by atoms with E-state index in [4.69, 9.17) is 0 Å². The fraction of sp³-hybridized carbons (Fsp3) is 0.0500. The fourth-order valence-electron chi connectivity index (χ4n) is 2.91. The van der Waals surface area contributed by atoms with Crippen molar-refractivity contribution in [2.75, 3.05) is 0 Å². The Labute approximate surface area is 143 Å². The molecule has 1 aliphatic carbocycles. The highest BCUT2D eigenvalue weighted by Crippen LogP contribution is 2.35. The molecule has 2 aromatic carbocycles. The summed E-state index contributed by atoms with van der Waals surface area (Å²) in [5, 5.41) is 10.9. The molecule has 23 heavy (non-hydrogen) atoms. The van der Waals surface area contributed by atoms with Crippen LogP contribution >= 0.6 is 15.9 Å². The van der Waals surface area contributed by atoms with Crippen LogP contribution in [0.3, 0.4) is 0 Å². The first kappa shape index (κ1) is 14.4. The second kappa shape index (κ2) is 5.76. The lowest BCUT2D eigenvalue weighted by molar-refractivity contribution is 0.219. The summed E-state index contributed by atoms with van der Waals surface area (Å²) in [7, 11) is 0. The van der Waals surface area contributed by atoms with E-state index in [0.29, 0.717) is 0 Å². The van der Waals surface area contributed by atoms with E-state index >= 15 is 0 Å². The molecule has 0 saturated carbocycles. The molecule has 1 heterocycles. The number of pyridine rings is 1. The van der Waals surface area contributed by atoms with Crippen LogP contribution in [0.5, 0.6) is 0 Å². The van der Waals surface area contributed by atoms with Crippen molar-refractivity contribution in [1.82, 2.24) is 4.98 Å². The van der Waals surface area contributed by atoms with E-state index < -0.39 is 6.10 Å². The number of hydrogen-bond acceptors (Lipinski definition) is 2. The number of fused-ring (bicyclic) bond motifs is 2. The van der Waals surface area contributed by atoms with E-state index in [9.17, 15) is 5.11 Å². The van der Waals surface area contributed by atoms with E-state index in [2.05, 4.69) is 20.9 Å². The standard InChI is InChI=1S/C20H14BrNO/c21-16-8-6-14-7-9-19-18(20(23)17(14)11-16)10-15(12-22-19)13-4-2-1-3-5-13/h1-12,20,23H. The zero-order valence-electron chi connectivity index (χ0n) is 12.3. The number of hydrogen-bond donors (Lipinski definition) is 1. The van der Waals surface area contributed by atoms with Gasteiger partial charge in [0.15, 0.2) is 0 Å². The summed E-state index contributed by atoms with van der Waals surface area (Å²) in [4.78, 5) is 4.55. The molecule has 112 valence electrons. The molecule has 2 nitrogen and oxygen atoms in total. The van der Waals surface area contributed by atoms with Crippen LogP contribution in [0.15, 0.2) is 65.3 Å². The van der Waals surface area contributed by atoms with Crippen LogP contribution < -0.4 is 0 Å². The largest absolute Gasteiger partial charge is 0.384 e. The summed E-state index contributed by atoms with van der Waals surface area (Å²) >= 11 is 3.48. The van der Waals surface area contributed by atoms with Crippen LogP contribution in [0.2, 0.25) is 0 Å². The van der Waals surface area contributed by atoms with Gasteiger partial charge in [-0.25, -0.2) is 0 Å². The Morgan fingerprint density at radius 2 is 1.70 bits per heavy atom. The summed E-state index contributed by atoms with van der Waals surface area (Å²) in [6.45, 7) is 0. The maximum Gasteiger partial charge on any atom is 0.107 e. The van der Waals surface area contributed by atoms with Crippen molar-refractivity contribution in [3.63, 3.8) is 0 Å². The second-order valence-electron chi connectivity index (χ2n) is 5.57. The van der Waals surface area contributed by atoms with E-state index in [0.717, 1.165) is 38.0 Å². The average molecular weight is 364 g/mol. The smallest absolute Gasteiger partial charge is 0.107 e. The molecule has 1 unspecified atom stereocenters. The van der Waals surface area contributed by atoms with Gasteiger partial charge in [-0.05, 0) is 41.0 Å².